The van der Waals surface area contributed by atoms with E-state index >= 15 is 0 Å². The van der Waals surface area contributed by atoms with Crippen LogP contribution in [0.5, 0.6) is 0 Å². The Balaban J connectivity index is 1.90. The molecule has 1 amide bonds. The summed E-state index contributed by atoms with van der Waals surface area (Å²) in [5.74, 6) is 0.776. The molecule has 0 aliphatic heterocycles. The lowest BCUT2D eigenvalue weighted by Gasteiger charge is -2.17. The van der Waals surface area contributed by atoms with Crippen LogP contribution in [0.25, 0.3) is 0 Å². The van der Waals surface area contributed by atoms with Crippen molar-refractivity contribution < 1.29 is 4.79 Å². The molecule has 1 fully saturated rings. The first-order chi connectivity index (χ1) is 8.16. The van der Waals surface area contributed by atoms with E-state index in [-0.39, 0.29) is 5.91 Å². The van der Waals surface area contributed by atoms with Gasteiger partial charge in [0.2, 0.25) is 5.91 Å². The Bertz CT molecular complexity index is 389. The fraction of sp³-hybridized carbons (Fsp3) is 0.615. The summed E-state index contributed by atoms with van der Waals surface area (Å²) in [6.45, 7) is 4.73. The number of carbonyl (C=O) groups is 1. The number of hydrogen-bond acceptors (Lipinski definition) is 3. The minimum atomic E-state index is -0.00103. The molecule has 2 unspecified atom stereocenters. The third-order valence-electron chi connectivity index (χ3n) is 3.44. The lowest BCUT2D eigenvalue weighted by molar-refractivity contribution is -0.114. The summed E-state index contributed by atoms with van der Waals surface area (Å²) in [5, 5.41) is 8.51. The van der Waals surface area contributed by atoms with Gasteiger partial charge in [-0.1, -0.05) is 13.3 Å². The summed E-state index contributed by atoms with van der Waals surface area (Å²) in [7, 11) is 0. The van der Waals surface area contributed by atoms with Gasteiger partial charge in [0.25, 0.3) is 0 Å². The standard InChI is InChI=1S/C13H20N2OS/c1-9-4-3-5-11(9)14-8-13-12(6-7-17-13)15-10(2)16/h6-7,9,11,14H,3-5,8H2,1-2H3,(H,15,16). The van der Waals surface area contributed by atoms with Crippen LogP contribution in [0.4, 0.5) is 5.69 Å². The SMILES string of the molecule is CC(=O)Nc1ccsc1CNC1CCCC1C. The van der Waals surface area contributed by atoms with Crippen molar-refractivity contribution in [3.63, 3.8) is 0 Å². The van der Waals surface area contributed by atoms with E-state index in [2.05, 4.69) is 17.6 Å². The Hall–Kier alpha value is -0.870. The van der Waals surface area contributed by atoms with Crippen LogP contribution in [0.3, 0.4) is 0 Å². The molecule has 1 aromatic rings. The van der Waals surface area contributed by atoms with Gasteiger partial charge < -0.3 is 10.6 Å². The highest BCUT2D eigenvalue weighted by Crippen LogP contribution is 2.27. The van der Waals surface area contributed by atoms with Gasteiger partial charge in [-0.05, 0) is 30.2 Å². The number of carbonyl (C=O) groups excluding carboxylic acids is 1. The van der Waals surface area contributed by atoms with E-state index in [0.29, 0.717) is 6.04 Å². The maximum Gasteiger partial charge on any atom is 0.221 e. The van der Waals surface area contributed by atoms with Crippen LogP contribution < -0.4 is 10.6 Å². The number of hydrogen-bond donors (Lipinski definition) is 2. The van der Waals surface area contributed by atoms with Crippen molar-refractivity contribution in [1.82, 2.24) is 5.32 Å². The molecule has 1 aliphatic carbocycles. The molecule has 94 valence electrons. The number of anilines is 1. The lowest BCUT2D eigenvalue weighted by Crippen LogP contribution is -2.30. The highest BCUT2D eigenvalue weighted by atomic mass is 32.1. The maximum atomic E-state index is 11.0. The molecule has 4 heteroatoms. The molecule has 1 aliphatic rings. The van der Waals surface area contributed by atoms with Crippen LogP contribution in [-0.2, 0) is 11.3 Å². The highest BCUT2D eigenvalue weighted by Gasteiger charge is 2.22. The Morgan fingerprint density at radius 1 is 1.53 bits per heavy atom. The zero-order chi connectivity index (χ0) is 12.3. The fourth-order valence-electron chi connectivity index (χ4n) is 2.45. The summed E-state index contributed by atoms with van der Waals surface area (Å²) in [6, 6.07) is 2.61. The van der Waals surface area contributed by atoms with Gasteiger partial charge in [-0.2, -0.15) is 0 Å². The molecule has 17 heavy (non-hydrogen) atoms. The van der Waals surface area contributed by atoms with Crippen molar-refractivity contribution in [2.45, 2.75) is 45.7 Å². The number of amides is 1. The Labute approximate surface area is 107 Å². The van der Waals surface area contributed by atoms with E-state index in [1.807, 2.05) is 11.4 Å². The number of nitrogens with one attached hydrogen (secondary N) is 2. The molecule has 0 bridgehead atoms. The fourth-order valence-corrected chi connectivity index (χ4v) is 3.23. The normalized spacial score (nSPS) is 23.9. The predicted molar refractivity (Wildman–Crippen MR) is 72.3 cm³/mol. The average Bonchev–Trinajstić information content (AvgIpc) is 2.84. The molecule has 2 atom stereocenters. The van der Waals surface area contributed by atoms with E-state index < -0.39 is 0 Å². The number of rotatable bonds is 4. The monoisotopic (exact) mass is 252 g/mol. The second kappa shape index (κ2) is 5.65. The average molecular weight is 252 g/mol. The molecule has 0 aromatic carbocycles. The first-order valence-corrected chi connectivity index (χ1v) is 7.12. The molecule has 1 saturated carbocycles. The summed E-state index contributed by atoms with van der Waals surface area (Å²) in [5.41, 5.74) is 0.959. The molecule has 0 radical (unpaired) electrons. The molecule has 0 spiro atoms. The van der Waals surface area contributed by atoms with E-state index in [4.69, 9.17) is 0 Å². The van der Waals surface area contributed by atoms with E-state index in [9.17, 15) is 4.79 Å². The summed E-state index contributed by atoms with van der Waals surface area (Å²) in [4.78, 5) is 12.3. The molecule has 0 saturated heterocycles. The summed E-state index contributed by atoms with van der Waals surface area (Å²) >= 11 is 1.70. The van der Waals surface area contributed by atoms with E-state index in [1.165, 1.54) is 24.1 Å². The molecule has 1 aromatic heterocycles. The molecule has 1 heterocycles. The Morgan fingerprint density at radius 3 is 3.00 bits per heavy atom. The number of thiophene rings is 1. The van der Waals surface area contributed by atoms with Crippen molar-refractivity contribution in [3.05, 3.63) is 16.3 Å². The topological polar surface area (TPSA) is 41.1 Å². The van der Waals surface area contributed by atoms with Crippen LogP contribution in [0.1, 0.15) is 38.0 Å². The second-order valence-electron chi connectivity index (χ2n) is 4.83. The van der Waals surface area contributed by atoms with Crippen molar-refractivity contribution >= 4 is 22.9 Å². The van der Waals surface area contributed by atoms with Gasteiger partial charge in [-0.15, -0.1) is 11.3 Å². The van der Waals surface area contributed by atoms with Gasteiger partial charge in [-0.25, -0.2) is 0 Å². The van der Waals surface area contributed by atoms with Crippen LogP contribution in [0.15, 0.2) is 11.4 Å². The van der Waals surface area contributed by atoms with Crippen molar-refractivity contribution in [2.24, 2.45) is 5.92 Å². The molecular formula is C13H20N2OS. The van der Waals surface area contributed by atoms with Gasteiger partial charge >= 0.3 is 0 Å². The maximum absolute atomic E-state index is 11.0. The van der Waals surface area contributed by atoms with Gasteiger partial charge in [0.15, 0.2) is 0 Å². The zero-order valence-corrected chi connectivity index (χ0v) is 11.3. The van der Waals surface area contributed by atoms with Crippen molar-refractivity contribution in [3.8, 4) is 0 Å². The molecule has 2 rings (SSSR count). The largest absolute Gasteiger partial charge is 0.325 e. The van der Waals surface area contributed by atoms with E-state index in [1.54, 1.807) is 18.3 Å². The molecular weight excluding hydrogens is 232 g/mol. The minimum Gasteiger partial charge on any atom is -0.325 e. The Kier molecular flexibility index (Phi) is 4.18. The first-order valence-electron chi connectivity index (χ1n) is 6.24. The van der Waals surface area contributed by atoms with Gasteiger partial charge in [-0.3, -0.25) is 4.79 Å². The smallest absolute Gasteiger partial charge is 0.221 e. The van der Waals surface area contributed by atoms with Gasteiger partial charge in [0.1, 0.15) is 0 Å². The quantitative estimate of drug-likeness (QED) is 0.865. The molecule has 3 nitrogen and oxygen atoms in total. The molecule has 2 N–H and O–H groups in total. The second-order valence-corrected chi connectivity index (χ2v) is 5.83. The summed E-state index contributed by atoms with van der Waals surface area (Å²) < 4.78 is 0. The van der Waals surface area contributed by atoms with Crippen molar-refractivity contribution in [1.29, 1.82) is 0 Å². The van der Waals surface area contributed by atoms with Crippen molar-refractivity contribution in [2.75, 3.05) is 5.32 Å². The first kappa shape index (κ1) is 12.6. The lowest BCUT2D eigenvalue weighted by atomic mass is 10.1. The third kappa shape index (κ3) is 3.30. The predicted octanol–water partition coefficient (Wildman–Crippen LogP) is 2.98. The van der Waals surface area contributed by atoms with E-state index in [0.717, 1.165) is 18.2 Å². The zero-order valence-electron chi connectivity index (χ0n) is 10.5. The summed E-state index contributed by atoms with van der Waals surface area (Å²) in [6.07, 6.45) is 3.95. The minimum absolute atomic E-state index is 0.00103. The van der Waals surface area contributed by atoms with Crippen LogP contribution in [-0.4, -0.2) is 11.9 Å². The van der Waals surface area contributed by atoms with Crippen LogP contribution >= 0.6 is 11.3 Å². The van der Waals surface area contributed by atoms with Gasteiger partial charge in [0, 0.05) is 24.4 Å². The third-order valence-corrected chi connectivity index (χ3v) is 4.36. The van der Waals surface area contributed by atoms with Crippen LogP contribution in [0, 0.1) is 5.92 Å². The Morgan fingerprint density at radius 2 is 2.35 bits per heavy atom. The highest BCUT2D eigenvalue weighted by molar-refractivity contribution is 7.10. The van der Waals surface area contributed by atoms with Gasteiger partial charge in [0.05, 0.1) is 5.69 Å². The van der Waals surface area contributed by atoms with Crippen LogP contribution in [0.2, 0.25) is 0 Å².